The van der Waals surface area contributed by atoms with Crippen molar-refractivity contribution in [2.24, 2.45) is 0 Å². The zero-order valence-electron chi connectivity index (χ0n) is 9.34. The zero-order valence-corrected chi connectivity index (χ0v) is 10.2. The molecule has 1 heterocycles. The fourth-order valence-electron chi connectivity index (χ4n) is 1.22. The van der Waals surface area contributed by atoms with Gasteiger partial charge in [0.25, 0.3) is 5.91 Å². The van der Waals surface area contributed by atoms with Crippen LogP contribution in [-0.2, 0) is 11.2 Å². The molecule has 0 aromatic carbocycles. The molecule has 7 heteroatoms. The Balaban J connectivity index is 2.77. The van der Waals surface area contributed by atoms with E-state index in [-0.39, 0.29) is 6.42 Å². The van der Waals surface area contributed by atoms with E-state index in [0.717, 1.165) is 11.5 Å². The molecule has 0 spiro atoms. The minimum absolute atomic E-state index is 0.175. The second-order valence-electron chi connectivity index (χ2n) is 3.29. The van der Waals surface area contributed by atoms with E-state index in [1.165, 1.54) is 6.08 Å². The highest BCUT2D eigenvalue weighted by atomic mass is 32.1. The summed E-state index contributed by atoms with van der Waals surface area (Å²) in [4.78, 5) is 23.0. The number of hydrogen-bond donors (Lipinski definition) is 2. The Morgan fingerprint density at radius 1 is 1.65 bits per heavy atom. The first-order chi connectivity index (χ1) is 8.10. The van der Waals surface area contributed by atoms with Gasteiger partial charge in [-0.1, -0.05) is 17.5 Å². The molecular formula is C10H13N3O3S. The highest BCUT2D eigenvalue weighted by Gasteiger charge is 2.22. The summed E-state index contributed by atoms with van der Waals surface area (Å²) in [5.74, 6) is -1.54. The van der Waals surface area contributed by atoms with Crippen LogP contribution in [0.5, 0.6) is 0 Å². The van der Waals surface area contributed by atoms with Crippen LogP contribution in [0.3, 0.4) is 0 Å². The molecule has 0 fully saturated rings. The minimum atomic E-state index is -1.09. The first kappa shape index (κ1) is 13.3. The first-order valence-electron chi connectivity index (χ1n) is 5.05. The molecule has 2 N–H and O–H groups in total. The van der Waals surface area contributed by atoms with E-state index >= 15 is 0 Å². The van der Waals surface area contributed by atoms with Crippen molar-refractivity contribution in [1.82, 2.24) is 14.9 Å². The summed E-state index contributed by atoms with van der Waals surface area (Å²) in [6.45, 7) is 5.30. The third-order valence-corrected chi connectivity index (χ3v) is 2.87. The molecule has 0 aliphatic rings. The molecule has 6 nitrogen and oxygen atoms in total. The highest BCUT2D eigenvalue weighted by molar-refractivity contribution is 7.08. The Bertz CT molecular complexity index is 430. The maximum Gasteiger partial charge on any atom is 0.326 e. The molecule has 0 saturated carbocycles. The number of carboxylic acids is 1. The lowest BCUT2D eigenvalue weighted by atomic mass is 10.2. The smallest absolute Gasteiger partial charge is 0.326 e. The summed E-state index contributed by atoms with van der Waals surface area (Å²) in [6, 6.07) is -0.966. The molecule has 0 aliphatic heterocycles. The summed E-state index contributed by atoms with van der Waals surface area (Å²) < 4.78 is 3.68. The van der Waals surface area contributed by atoms with Gasteiger partial charge < -0.3 is 10.4 Å². The van der Waals surface area contributed by atoms with Crippen molar-refractivity contribution in [1.29, 1.82) is 0 Å². The normalized spacial score (nSPS) is 11.8. The highest BCUT2D eigenvalue weighted by Crippen LogP contribution is 2.11. The van der Waals surface area contributed by atoms with E-state index in [4.69, 9.17) is 5.11 Å². The van der Waals surface area contributed by atoms with Crippen molar-refractivity contribution in [3.8, 4) is 0 Å². The number of carbonyl (C=O) groups excluding carboxylic acids is 1. The molecule has 1 atom stereocenters. The maximum absolute atomic E-state index is 11.8. The van der Waals surface area contributed by atoms with Crippen LogP contribution in [0.15, 0.2) is 12.7 Å². The molecule has 17 heavy (non-hydrogen) atoms. The van der Waals surface area contributed by atoms with Crippen molar-refractivity contribution in [2.75, 3.05) is 0 Å². The molecule has 1 unspecified atom stereocenters. The van der Waals surface area contributed by atoms with Gasteiger partial charge in [0.15, 0.2) is 0 Å². The number of aliphatic carboxylic acids is 1. The van der Waals surface area contributed by atoms with Crippen molar-refractivity contribution in [3.63, 3.8) is 0 Å². The van der Waals surface area contributed by atoms with Gasteiger partial charge in [0.1, 0.15) is 10.9 Å². The largest absolute Gasteiger partial charge is 0.480 e. The molecule has 1 aromatic heterocycles. The fourth-order valence-corrected chi connectivity index (χ4v) is 1.88. The van der Waals surface area contributed by atoms with Gasteiger partial charge in [0, 0.05) is 0 Å². The van der Waals surface area contributed by atoms with Gasteiger partial charge in [0.2, 0.25) is 0 Å². The average Bonchev–Trinajstić information content (AvgIpc) is 2.76. The number of hydrogen-bond acceptors (Lipinski definition) is 5. The number of nitrogens with zero attached hydrogens (tertiary/aromatic N) is 2. The zero-order chi connectivity index (χ0) is 12.8. The van der Waals surface area contributed by atoms with E-state index in [0.29, 0.717) is 17.0 Å². The summed E-state index contributed by atoms with van der Waals surface area (Å²) in [6.07, 6.45) is 2.21. The number of amides is 1. The van der Waals surface area contributed by atoms with E-state index < -0.39 is 17.9 Å². The van der Waals surface area contributed by atoms with Crippen molar-refractivity contribution < 1.29 is 14.7 Å². The van der Waals surface area contributed by atoms with Gasteiger partial charge in [0.05, 0.1) is 5.69 Å². The van der Waals surface area contributed by atoms with E-state index in [9.17, 15) is 9.59 Å². The van der Waals surface area contributed by atoms with Crippen LogP contribution in [-0.4, -0.2) is 32.6 Å². The van der Waals surface area contributed by atoms with Crippen LogP contribution in [0.2, 0.25) is 0 Å². The lowest BCUT2D eigenvalue weighted by Gasteiger charge is -2.11. The van der Waals surface area contributed by atoms with E-state index in [1.807, 2.05) is 6.92 Å². The van der Waals surface area contributed by atoms with Crippen molar-refractivity contribution in [3.05, 3.63) is 23.2 Å². The third-order valence-electron chi connectivity index (χ3n) is 2.10. The van der Waals surface area contributed by atoms with Gasteiger partial charge in [-0.2, -0.15) is 0 Å². The molecule has 0 aliphatic carbocycles. The summed E-state index contributed by atoms with van der Waals surface area (Å²) in [5.41, 5.74) is 0.579. The topological polar surface area (TPSA) is 92.2 Å². The Kier molecular flexibility index (Phi) is 4.77. The summed E-state index contributed by atoms with van der Waals surface area (Å²) in [7, 11) is 0. The van der Waals surface area contributed by atoms with Gasteiger partial charge in [-0.3, -0.25) is 4.79 Å². The molecule has 0 radical (unpaired) electrons. The maximum atomic E-state index is 11.8. The molecule has 0 saturated heterocycles. The fraction of sp³-hybridized carbons (Fsp3) is 0.400. The lowest BCUT2D eigenvalue weighted by molar-refractivity contribution is -0.139. The summed E-state index contributed by atoms with van der Waals surface area (Å²) >= 11 is 0.962. The number of aryl methyl sites for hydroxylation is 1. The van der Waals surface area contributed by atoms with E-state index in [1.54, 1.807) is 0 Å². The van der Waals surface area contributed by atoms with Crippen LogP contribution in [0.25, 0.3) is 0 Å². The van der Waals surface area contributed by atoms with Crippen molar-refractivity contribution >= 4 is 23.4 Å². The van der Waals surface area contributed by atoms with Gasteiger partial charge in [-0.15, -0.1) is 11.7 Å². The predicted octanol–water partition coefficient (Wildman–Crippen LogP) is 0.860. The van der Waals surface area contributed by atoms with Crippen LogP contribution in [0.1, 0.15) is 28.7 Å². The molecular weight excluding hydrogens is 242 g/mol. The molecule has 1 amide bonds. The van der Waals surface area contributed by atoms with Crippen LogP contribution < -0.4 is 5.32 Å². The second-order valence-corrected chi connectivity index (χ2v) is 4.05. The monoisotopic (exact) mass is 255 g/mol. The van der Waals surface area contributed by atoms with Crippen LogP contribution in [0, 0.1) is 0 Å². The second kappa shape index (κ2) is 6.09. The molecule has 92 valence electrons. The number of aromatic nitrogens is 2. The predicted molar refractivity (Wildman–Crippen MR) is 63.0 cm³/mol. The van der Waals surface area contributed by atoms with Crippen LogP contribution in [0.4, 0.5) is 0 Å². The molecule has 1 rings (SSSR count). The van der Waals surface area contributed by atoms with Crippen LogP contribution >= 0.6 is 11.5 Å². The molecule has 0 bridgehead atoms. The third kappa shape index (κ3) is 3.35. The van der Waals surface area contributed by atoms with Gasteiger partial charge >= 0.3 is 5.97 Å². The van der Waals surface area contributed by atoms with Gasteiger partial charge in [-0.05, 0) is 24.4 Å². The Morgan fingerprint density at radius 2 is 2.35 bits per heavy atom. The average molecular weight is 255 g/mol. The summed E-state index contributed by atoms with van der Waals surface area (Å²) in [5, 5.41) is 15.1. The standard InChI is InChI=1S/C10H13N3O3S/c1-3-5-7(10(15)16)11-9(14)8-6(4-2)12-13-17-8/h3,7H,1,4-5H2,2H3,(H,11,14)(H,15,16). The Labute approximate surface area is 103 Å². The van der Waals surface area contributed by atoms with E-state index in [2.05, 4.69) is 21.5 Å². The number of carbonyl (C=O) groups is 2. The number of carboxylic acid groups (broad SMARTS) is 1. The quantitative estimate of drug-likeness (QED) is 0.735. The SMILES string of the molecule is C=CCC(NC(=O)c1snnc1CC)C(=O)O. The van der Waals surface area contributed by atoms with Gasteiger partial charge in [-0.25, -0.2) is 4.79 Å². The first-order valence-corrected chi connectivity index (χ1v) is 5.83. The Hall–Kier alpha value is -1.76. The van der Waals surface area contributed by atoms with Crippen molar-refractivity contribution in [2.45, 2.75) is 25.8 Å². The lowest BCUT2D eigenvalue weighted by Crippen LogP contribution is -2.40. The minimum Gasteiger partial charge on any atom is -0.480 e. The Morgan fingerprint density at radius 3 is 2.88 bits per heavy atom. The number of rotatable bonds is 6. The number of nitrogens with one attached hydrogen (secondary N) is 1. The molecule has 1 aromatic rings.